The average molecular weight is 266 g/mol. The molecule has 0 fully saturated rings. The van der Waals surface area contributed by atoms with E-state index >= 15 is 0 Å². The normalized spacial score (nSPS) is 12.4. The largest absolute Gasteiger partial charge is 0.494 e. The summed E-state index contributed by atoms with van der Waals surface area (Å²) in [7, 11) is 1.89. The fourth-order valence-corrected chi connectivity index (χ4v) is 2.22. The van der Waals surface area contributed by atoms with Crippen molar-refractivity contribution in [3.63, 3.8) is 0 Å². The summed E-state index contributed by atoms with van der Waals surface area (Å²) >= 11 is 6.05. The van der Waals surface area contributed by atoms with Crippen LogP contribution in [-0.2, 0) is 0 Å². The molecule has 3 nitrogen and oxygen atoms in total. The van der Waals surface area contributed by atoms with Gasteiger partial charge in [-0.05, 0) is 37.7 Å². The highest BCUT2D eigenvalue weighted by Crippen LogP contribution is 2.33. The molecule has 0 radical (unpaired) electrons. The third kappa shape index (κ3) is 2.52. The van der Waals surface area contributed by atoms with Gasteiger partial charge in [-0.3, -0.25) is 0 Å². The zero-order chi connectivity index (χ0) is 13.0. The lowest BCUT2D eigenvalue weighted by atomic mass is 10.0. The van der Waals surface area contributed by atoms with Gasteiger partial charge in [-0.2, -0.15) is 0 Å². The highest BCUT2D eigenvalue weighted by molar-refractivity contribution is 6.29. The van der Waals surface area contributed by atoms with Crippen LogP contribution in [0.2, 0.25) is 5.22 Å². The Morgan fingerprint density at radius 3 is 2.67 bits per heavy atom. The molecule has 1 atom stereocenters. The van der Waals surface area contributed by atoms with Crippen molar-refractivity contribution in [1.29, 1.82) is 0 Å². The lowest BCUT2D eigenvalue weighted by Gasteiger charge is -2.19. The molecule has 0 amide bonds. The molecule has 4 heteroatoms. The Kier molecular flexibility index (Phi) is 4.28. The molecule has 0 aliphatic rings. The Labute approximate surface area is 112 Å². The van der Waals surface area contributed by atoms with E-state index in [-0.39, 0.29) is 6.04 Å². The average Bonchev–Trinajstić information content (AvgIpc) is 2.79. The summed E-state index contributed by atoms with van der Waals surface area (Å²) in [6.45, 7) is 2.60. The zero-order valence-electron chi connectivity index (χ0n) is 10.4. The lowest BCUT2D eigenvalue weighted by molar-refractivity contribution is 0.334. The van der Waals surface area contributed by atoms with Crippen LogP contribution >= 0.6 is 11.6 Å². The molecule has 0 saturated heterocycles. The standard InChI is InChI=1S/C14H16ClNO2/c1-3-17-12-7-5-4-6-10(12)13(16-2)11-8-9-18-14(11)15/h4-9,13,16H,3H2,1-2H3. The molecule has 1 unspecified atom stereocenters. The molecule has 0 spiro atoms. The van der Waals surface area contributed by atoms with E-state index in [9.17, 15) is 0 Å². The van der Waals surface area contributed by atoms with Gasteiger partial charge in [0, 0.05) is 11.1 Å². The Morgan fingerprint density at radius 2 is 2.06 bits per heavy atom. The van der Waals surface area contributed by atoms with E-state index in [0.29, 0.717) is 11.8 Å². The van der Waals surface area contributed by atoms with E-state index in [1.54, 1.807) is 6.26 Å². The first-order valence-electron chi connectivity index (χ1n) is 5.89. The number of nitrogens with one attached hydrogen (secondary N) is 1. The SMILES string of the molecule is CCOc1ccccc1C(NC)c1ccoc1Cl. The fourth-order valence-electron chi connectivity index (χ4n) is 1.99. The molecule has 2 rings (SSSR count). The molecular formula is C14H16ClNO2. The van der Waals surface area contributed by atoms with Crippen molar-refractivity contribution in [2.45, 2.75) is 13.0 Å². The van der Waals surface area contributed by atoms with Crippen LogP contribution in [0, 0.1) is 0 Å². The Hall–Kier alpha value is -1.45. The van der Waals surface area contributed by atoms with Crippen molar-refractivity contribution in [1.82, 2.24) is 5.32 Å². The van der Waals surface area contributed by atoms with Gasteiger partial charge in [0.1, 0.15) is 5.75 Å². The first-order chi connectivity index (χ1) is 8.77. The van der Waals surface area contributed by atoms with Crippen molar-refractivity contribution in [2.75, 3.05) is 13.7 Å². The minimum atomic E-state index is -0.0426. The smallest absolute Gasteiger partial charge is 0.198 e. The number of ether oxygens (including phenoxy) is 1. The van der Waals surface area contributed by atoms with Gasteiger partial charge in [-0.25, -0.2) is 0 Å². The predicted molar refractivity (Wildman–Crippen MR) is 72.2 cm³/mol. The monoisotopic (exact) mass is 265 g/mol. The van der Waals surface area contributed by atoms with Gasteiger partial charge in [-0.1, -0.05) is 18.2 Å². The second kappa shape index (κ2) is 5.94. The molecule has 1 aromatic carbocycles. The maximum Gasteiger partial charge on any atom is 0.198 e. The van der Waals surface area contributed by atoms with Crippen molar-refractivity contribution >= 4 is 11.6 Å². The van der Waals surface area contributed by atoms with Crippen molar-refractivity contribution in [3.8, 4) is 5.75 Å². The molecule has 18 heavy (non-hydrogen) atoms. The summed E-state index contributed by atoms with van der Waals surface area (Å²) in [4.78, 5) is 0. The molecule has 0 aliphatic carbocycles. The maximum atomic E-state index is 6.05. The third-order valence-electron chi connectivity index (χ3n) is 2.78. The first kappa shape index (κ1) is 13.0. The minimum absolute atomic E-state index is 0.0426. The van der Waals surface area contributed by atoms with Gasteiger partial charge < -0.3 is 14.5 Å². The summed E-state index contributed by atoms with van der Waals surface area (Å²) in [5, 5.41) is 3.64. The quantitative estimate of drug-likeness (QED) is 0.896. The van der Waals surface area contributed by atoms with Crippen LogP contribution in [0.3, 0.4) is 0 Å². The summed E-state index contributed by atoms with van der Waals surface area (Å²) < 4.78 is 10.8. The van der Waals surface area contributed by atoms with E-state index in [0.717, 1.165) is 16.9 Å². The number of benzene rings is 1. The molecule has 2 aromatic rings. The van der Waals surface area contributed by atoms with E-state index in [1.807, 2.05) is 44.3 Å². The molecular weight excluding hydrogens is 250 g/mol. The van der Waals surface area contributed by atoms with E-state index in [2.05, 4.69) is 5.32 Å². The first-order valence-corrected chi connectivity index (χ1v) is 6.27. The zero-order valence-corrected chi connectivity index (χ0v) is 11.2. The van der Waals surface area contributed by atoms with E-state index in [1.165, 1.54) is 0 Å². The number of halogens is 1. The van der Waals surface area contributed by atoms with Crippen LogP contribution in [0.5, 0.6) is 5.75 Å². The van der Waals surface area contributed by atoms with Gasteiger partial charge >= 0.3 is 0 Å². The van der Waals surface area contributed by atoms with Gasteiger partial charge in [0.25, 0.3) is 0 Å². The highest BCUT2D eigenvalue weighted by Gasteiger charge is 2.20. The second-order valence-corrected chi connectivity index (χ2v) is 4.19. The van der Waals surface area contributed by atoms with Crippen LogP contribution in [-0.4, -0.2) is 13.7 Å². The summed E-state index contributed by atoms with van der Waals surface area (Å²) in [6, 6.07) is 9.74. The number of rotatable bonds is 5. The minimum Gasteiger partial charge on any atom is -0.494 e. The van der Waals surface area contributed by atoms with E-state index < -0.39 is 0 Å². The fraction of sp³-hybridized carbons (Fsp3) is 0.286. The lowest BCUT2D eigenvalue weighted by Crippen LogP contribution is -2.18. The summed E-state index contributed by atoms with van der Waals surface area (Å²) in [6.07, 6.45) is 1.59. The van der Waals surface area contributed by atoms with Crippen molar-refractivity contribution < 1.29 is 9.15 Å². The van der Waals surface area contributed by atoms with Crippen LogP contribution in [0.1, 0.15) is 24.1 Å². The number of hydrogen-bond donors (Lipinski definition) is 1. The predicted octanol–water partition coefficient (Wildman–Crippen LogP) is 3.64. The van der Waals surface area contributed by atoms with Gasteiger partial charge in [0.15, 0.2) is 5.22 Å². The topological polar surface area (TPSA) is 34.4 Å². The Bertz CT molecular complexity index is 510. The third-order valence-corrected chi connectivity index (χ3v) is 3.08. The highest BCUT2D eigenvalue weighted by atomic mass is 35.5. The van der Waals surface area contributed by atoms with Crippen molar-refractivity contribution in [2.24, 2.45) is 0 Å². The molecule has 0 saturated carbocycles. The van der Waals surface area contributed by atoms with Crippen LogP contribution in [0.25, 0.3) is 0 Å². The van der Waals surface area contributed by atoms with Crippen molar-refractivity contribution in [3.05, 3.63) is 52.9 Å². The second-order valence-electron chi connectivity index (χ2n) is 3.84. The molecule has 1 heterocycles. The summed E-state index contributed by atoms with van der Waals surface area (Å²) in [5.41, 5.74) is 1.96. The van der Waals surface area contributed by atoms with Crippen LogP contribution < -0.4 is 10.1 Å². The molecule has 0 bridgehead atoms. The van der Waals surface area contributed by atoms with Crippen LogP contribution in [0.15, 0.2) is 41.0 Å². The molecule has 0 aliphatic heterocycles. The number of para-hydroxylation sites is 1. The molecule has 1 N–H and O–H groups in total. The van der Waals surface area contributed by atoms with Gasteiger partial charge in [0.05, 0.1) is 18.9 Å². The Morgan fingerprint density at radius 1 is 1.28 bits per heavy atom. The summed E-state index contributed by atoms with van der Waals surface area (Å²) in [5.74, 6) is 0.858. The van der Waals surface area contributed by atoms with Gasteiger partial charge in [0.2, 0.25) is 0 Å². The maximum absolute atomic E-state index is 6.05. The van der Waals surface area contributed by atoms with E-state index in [4.69, 9.17) is 20.8 Å². The number of furan rings is 1. The molecule has 1 aromatic heterocycles. The Balaban J connectivity index is 2.42. The number of hydrogen-bond acceptors (Lipinski definition) is 3. The van der Waals surface area contributed by atoms with Gasteiger partial charge in [-0.15, -0.1) is 0 Å². The molecule has 96 valence electrons. The van der Waals surface area contributed by atoms with Crippen LogP contribution in [0.4, 0.5) is 0 Å².